The largest absolute Gasteiger partial charge is 0.337 e. The Hall–Kier alpha value is -0.280. The Morgan fingerprint density at radius 3 is 3.18 bits per heavy atom. The number of rotatable bonds is 0. The monoisotopic (exact) mass is 214 g/mol. The van der Waals surface area contributed by atoms with E-state index in [0.717, 1.165) is 13.1 Å². The zero-order valence-corrected chi connectivity index (χ0v) is 8.06. The van der Waals surface area contributed by atoms with E-state index in [9.17, 15) is 0 Å². The standard InChI is InChI=1S/C8H11BrN2/c1-6-7-2-3-8(9)11(7)5-4-10-6/h2-3,6,10H,4-5H2,1H3. The van der Waals surface area contributed by atoms with Crippen molar-refractivity contribution in [3.05, 3.63) is 22.4 Å². The van der Waals surface area contributed by atoms with Crippen molar-refractivity contribution >= 4 is 15.9 Å². The highest BCUT2D eigenvalue weighted by Gasteiger charge is 2.16. The molecule has 0 spiro atoms. The highest BCUT2D eigenvalue weighted by atomic mass is 79.9. The lowest BCUT2D eigenvalue weighted by molar-refractivity contribution is 0.444. The number of hydrogen-bond acceptors (Lipinski definition) is 1. The molecule has 1 N–H and O–H groups in total. The third-order valence-electron chi connectivity index (χ3n) is 2.19. The molecule has 3 heteroatoms. The van der Waals surface area contributed by atoms with E-state index in [2.05, 4.69) is 44.9 Å². The Morgan fingerprint density at radius 1 is 1.64 bits per heavy atom. The van der Waals surface area contributed by atoms with Gasteiger partial charge in [-0.2, -0.15) is 0 Å². The van der Waals surface area contributed by atoms with Crippen molar-refractivity contribution in [2.75, 3.05) is 6.54 Å². The molecule has 1 aliphatic rings. The van der Waals surface area contributed by atoms with Gasteiger partial charge in [0.2, 0.25) is 0 Å². The summed E-state index contributed by atoms with van der Waals surface area (Å²) in [5.74, 6) is 0. The second-order valence-corrected chi connectivity index (χ2v) is 3.72. The number of aromatic nitrogens is 1. The van der Waals surface area contributed by atoms with Crippen molar-refractivity contribution in [1.82, 2.24) is 9.88 Å². The predicted molar refractivity (Wildman–Crippen MR) is 48.5 cm³/mol. The molecule has 0 saturated heterocycles. The van der Waals surface area contributed by atoms with Gasteiger partial charge in [0.1, 0.15) is 0 Å². The van der Waals surface area contributed by atoms with Crippen LogP contribution in [0.2, 0.25) is 0 Å². The Labute approximate surface area is 74.7 Å². The molecule has 11 heavy (non-hydrogen) atoms. The van der Waals surface area contributed by atoms with Crippen molar-refractivity contribution in [3.63, 3.8) is 0 Å². The van der Waals surface area contributed by atoms with Crippen LogP contribution in [-0.2, 0) is 6.54 Å². The lowest BCUT2D eigenvalue weighted by Crippen LogP contribution is -2.31. The first-order valence-corrected chi connectivity index (χ1v) is 4.66. The van der Waals surface area contributed by atoms with Gasteiger partial charge in [-0.05, 0) is 35.0 Å². The summed E-state index contributed by atoms with van der Waals surface area (Å²) < 4.78 is 3.50. The molecule has 1 unspecified atom stereocenters. The number of nitrogens with zero attached hydrogens (tertiary/aromatic N) is 1. The van der Waals surface area contributed by atoms with Crippen molar-refractivity contribution in [2.24, 2.45) is 0 Å². The summed E-state index contributed by atoms with van der Waals surface area (Å²) in [6.07, 6.45) is 0. The molecule has 0 amide bonds. The fraction of sp³-hybridized carbons (Fsp3) is 0.500. The summed E-state index contributed by atoms with van der Waals surface area (Å²) in [6, 6.07) is 4.77. The fourth-order valence-corrected chi connectivity index (χ4v) is 2.08. The summed E-state index contributed by atoms with van der Waals surface area (Å²) >= 11 is 3.51. The van der Waals surface area contributed by atoms with Gasteiger partial charge in [-0.1, -0.05) is 0 Å². The quantitative estimate of drug-likeness (QED) is 0.699. The molecule has 0 aromatic carbocycles. The minimum absolute atomic E-state index is 0.495. The van der Waals surface area contributed by atoms with Gasteiger partial charge < -0.3 is 9.88 Å². The van der Waals surface area contributed by atoms with Gasteiger partial charge in [-0.3, -0.25) is 0 Å². The molecule has 0 saturated carbocycles. The molecule has 2 heterocycles. The average Bonchev–Trinajstić information content (AvgIpc) is 2.35. The Bertz CT molecular complexity index is 267. The first-order chi connectivity index (χ1) is 5.29. The molecule has 1 aromatic heterocycles. The molecule has 0 radical (unpaired) electrons. The number of halogens is 1. The van der Waals surface area contributed by atoms with E-state index in [-0.39, 0.29) is 0 Å². The summed E-state index contributed by atoms with van der Waals surface area (Å²) in [7, 11) is 0. The minimum atomic E-state index is 0.495. The summed E-state index contributed by atoms with van der Waals surface area (Å²) in [5, 5.41) is 3.41. The van der Waals surface area contributed by atoms with Gasteiger partial charge in [0.15, 0.2) is 0 Å². The third kappa shape index (κ3) is 1.12. The van der Waals surface area contributed by atoms with Crippen LogP contribution in [0.3, 0.4) is 0 Å². The van der Waals surface area contributed by atoms with Crippen LogP contribution in [0, 0.1) is 0 Å². The maximum absolute atomic E-state index is 3.51. The van der Waals surface area contributed by atoms with Crippen LogP contribution in [0.4, 0.5) is 0 Å². The maximum atomic E-state index is 3.51. The molecule has 0 fully saturated rings. The van der Waals surface area contributed by atoms with Gasteiger partial charge in [0, 0.05) is 24.8 Å². The smallest absolute Gasteiger partial charge is 0.0849 e. The third-order valence-corrected chi connectivity index (χ3v) is 2.88. The number of hydrogen-bond donors (Lipinski definition) is 1. The predicted octanol–water partition coefficient (Wildman–Crippen LogP) is 1.91. The van der Waals surface area contributed by atoms with E-state index in [1.165, 1.54) is 10.3 Å². The highest BCUT2D eigenvalue weighted by molar-refractivity contribution is 9.10. The molecule has 1 aromatic rings. The van der Waals surface area contributed by atoms with Crippen molar-refractivity contribution in [2.45, 2.75) is 19.5 Å². The second kappa shape index (κ2) is 2.64. The topological polar surface area (TPSA) is 17.0 Å². The van der Waals surface area contributed by atoms with Crippen molar-refractivity contribution in [1.29, 1.82) is 0 Å². The van der Waals surface area contributed by atoms with Crippen molar-refractivity contribution < 1.29 is 0 Å². The van der Waals surface area contributed by atoms with Gasteiger partial charge in [-0.15, -0.1) is 0 Å². The summed E-state index contributed by atoms with van der Waals surface area (Å²) in [6.45, 7) is 4.34. The van der Waals surface area contributed by atoms with Crippen LogP contribution in [0.5, 0.6) is 0 Å². The molecule has 2 nitrogen and oxygen atoms in total. The van der Waals surface area contributed by atoms with E-state index >= 15 is 0 Å². The van der Waals surface area contributed by atoms with E-state index in [1.807, 2.05) is 0 Å². The maximum Gasteiger partial charge on any atom is 0.0849 e. The van der Waals surface area contributed by atoms with Crippen LogP contribution < -0.4 is 5.32 Å². The molecule has 1 atom stereocenters. The number of nitrogens with one attached hydrogen (secondary N) is 1. The van der Waals surface area contributed by atoms with E-state index < -0.39 is 0 Å². The number of fused-ring (bicyclic) bond motifs is 1. The Kier molecular flexibility index (Phi) is 1.77. The molecule has 0 aliphatic carbocycles. The zero-order valence-electron chi connectivity index (χ0n) is 6.47. The molecule has 0 bridgehead atoms. The van der Waals surface area contributed by atoms with Gasteiger partial charge in [0.05, 0.1) is 4.60 Å². The summed E-state index contributed by atoms with van der Waals surface area (Å²) in [4.78, 5) is 0. The molecule has 60 valence electrons. The molecular formula is C8H11BrN2. The molecular weight excluding hydrogens is 204 g/mol. The first kappa shape index (κ1) is 7.37. The fourth-order valence-electron chi connectivity index (χ4n) is 1.57. The van der Waals surface area contributed by atoms with Crippen LogP contribution in [0.1, 0.15) is 18.7 Å². The van der Waals surface area contributed by atoms with Crippen LogP contribution in [-0.4, -0.2) is 11.1 Å². The Balaban J connectivity index is 2.46. The van der Waals surface area contributed by atoms with Crippen LogP contribution in [0.15, 0.2) is 16.7 Å². The Morgan fingerprint density at radius 2 is 2.45 bits per heavy atom. The lowest BCUT2D eigenvalue weighted by atomic mass is 10.2. The van der Waals surface area contributed by atoms with Gasteiger partial charge >= 0.3 is 0 Å². The van der Waals surface area contributed by atoms with E-state index in [4.69, 9.17) is 0 Å². The minimum Gasteiger partial charge on any atom is -0.337 e. The second-order valence-electron chi connectivity index (χ2n) is 2.91. The van der Waals surface area contributed by atoms with E-state index in [1.54, 1.807) is 0 Å². The molecule has 2 rings (SSSR count). The summed E-state index contributed by atoms with van der Waals surface area (Å²) in [5.41, 5.74) is 1.38. The van der Waals surface area contributed by atoms with E-state index in [0.29, 0.717) is 6.04 Å². The van der Waals surface area contributed by atoms with Gasteiger partial charge in [0.25, 0.3) is 0 Å². The normalized spacial score (nSPS) is 23.3. The highest BCUT2D eigenvalue weighted by Crippen LogP contribution is 2.23. The molecule has 1 aliphatic heterocycles. The van der Waals surface area contributed by atoms with Crippen molar-refractivity contribution in [3.8, 4) is 0 Å². The zero-order chi connectivity index (χ0) is 7.84. The SMILES string of the molecule is CC1NCCn2c(Br)ccc21. The lowest BCUT2D eigenvalue weighted by Gasteiger charge is -2.23. The first-order valence-electron chi connectivity index (χ1n) is 3.87. The van der Waals surface area contributed by atoms with Gasteiger partial charge in [-0.25, -0.2) is 0 Å². The van der Waals surface area contributed by atoms with Crippen LogP contribution in [0.25, 0.3) is 0 Å². The average molecular weight is 215 g/mol. The van der Waals surface area contributed by atoms with Crippen LogP contribution >= 0.6 is 15.9 Å².